The molecule has 152 valence electrons. The van der Waals surface area contributed by atoms with E-state index in [2.05, 4.69) is 20.4 Å². The summed E-state index contributed by atoms with van der Waals surface area (Å²) in [5.41, 5.74) is 0.575. The highest BCUT2D eigenvalue weighted by molar-refractivity contribution is 7.85. The first-order valence-corrected chi connectivity index (χ1v) is 10.2. The summed E-state index contributed by atoms with van der Waals surface area (Å²) in [6, 6.07) is 2.55. The van der Waals surface area contributed by atoms with E-state index in [0.717, 1.165) is 19.3 Å². The number of nitrogens with one attached hydrogen (secondary N) is 2. The number of nitrogens with zero attached hydrogens (tertiary/aromatic N) is 1. The average molecular weight is 407 g/mol. The number of urea groups is 1. The summed E-state index contributed by atoms with van der Waals surface area (Å²) in [7, 11) is -0.866. The highest BCUT2D eigenvalue weighted by atomic mass is 32.2. The molecule has 2 N–H and O–H groups in total. The van der Waals surface area contributed by atoms with Crippen LogP contribution in [0.25, 0.3) is 0 Å². The van der Waals surface area contributed by atoms with Crippen LogP contribution in [0.4, 0.5) is 18.0 Å². The molecule has 1 saturated carbocycles. The molecule has 0 spiro atoms. The van der Waals surface area contributed by atoms with Crippen molar-refractivity contribution in [2.24, 2.45) is 0 Å². The van der Waals surface area contributed by atoms with Gasteiger partial charge in [-0.15, -0.1) is 0 Å². The molecule has 3 atom stereocenters. The molecule has 0 bridgehead atoms. The first-order valence-electron chi connectivity index (χ1n) is 8.83. The van der Waals surface area contributed by atoms with Gasteiger partial charge < -0.3 is 15.4 Å². The topological polar surface area (TPSA) is 80.3 Å². The largest absolute Gasteiger partial charge is 0.468 e. The van der Waals surface area contributed by atoms with Crippen molar-refractivity contribution in [1.29, 1.82) is 0 Å². The minimum Gasteiger partial charge on any atom is -0.468 e. The summed E-state index contributed by atoms with van der Waals surface area (Å²) >= 11 is 0. The van der Waals surface area contributed by atoms with E-state index in [9.17, 15) is 22.2 Å². The molecule has 1 aliphatic rings. The molecule has 10 heteroatoms. The van der Waals surface area contributed by atoms with Crippen molar-refractivity contribution in [3.63, 3.8) is 0 Å². The number of alkyl halides is 3. The van der Waals surface area contributed by atoms with Crippen LogP contribution in [0.2, 0.25) is 0 Å². The molecule has 0 aromatic carbocycles. The van der Waals surface area contributed by atoms with Gasteiger partial charge in [0.1, 0.15) is 0 Å². The lowest BCUT2D eigenvalue weighted by Gasteiger charge is -2.29. The Balaban J connectivity index is 1.79. The second kappa shape index (κ2) is 9.91. The van der Waals surface area contributed by atoms with Crippen molar-refractivity contribution in [2.75, 3.05) is 12.4 Å². The lowest BCUT2D eigenvalue weighted by atomic mass is 9.95. The average Bonchev–Trinajstić information content (AvgIpc) is 2.64. The minimum absolute atomic E-state index is 0.0256. The molecular weight excluding hydrogens is 383 g/mol. The molecule has 1 aromatic rings. The number of hydrogen-bond acceptors (Lipinski definition) is 4. The predicted molar refractivity (Wildman–Crippen MR) is 95.9 cm³/mol. The van der Waals surface area contributed by atoms with E-state index in [-0.39, 0.29) is 29.7 Å². The molecule has 2 rings (SSSR count). The van der Waals surface area contributed by atoms with Crippen molar-refractivity contribution in [1.82, 2.24) is 15.6 Å². The van der Waals surface area contributed by atoms with Crippen molar-refractivity contribution >= 4 is 16.8 Å². The van der Waals surface area contributed by atoms with Gasteiger partial charge in [0.05, 0.1) is 0 Å². The predicted octanol–water partition coefficient (Wildman–Crippen LogP) is 2.90. The van der Waals surface area contributed by atoms with E-state index >= 15 is 0 Å². The number of carbonyl (C=O) groups excluding carboxylic acids is 1. The Bertz CT molecular complexity index is 658. The molecule has 0 radical (unpaired) electrons. The SMILES string of the molecule is CCS(=O)C1CCCC(NC(=O)NCc2ccnc(OCC(F)(F)F)c2)C1. The van der Waals surface area contributed by atoms with E-state index < -0.39 is 23.6 Å². The third-order valence-corrected chi connectivity index (χ3v) is 5.99. The zero-order valence-electron chi connectivity index (χ0n) is 15.1. The standard InChI is InChI=1S/C17H24F3N3O3S/c1-2-27(25)14-5-3-4-13(9-14)23-16(24)22-10-12-6-7-21-15(8-12)26-11-17(18,19)20/h6-8,13-14H,2-5,9-11H2,1H3,(H2,22,23,24). The van der Waals surface area contributed by atoms with Crippen LogP contribution >= 0.6 is 0 Å². The molecular formula is C17H24F3N3O3S. The maximum Gasteiger partial charge on any atom is 0.422 e. The molecule has 1 aliphatic carbocycles. The number of halogens is 3. The maximum atomic E-state index is 12.2. The Kier molecular flexibility index (Phi) is 7.88. The summed E-state index contributed by atoms with van der Waals surface area (Å²) in [5, 5.41) is 5.66. The number of ether oxygens (including phenoxy) is 1. The van der Waals surface area contributed by atoms with E-state index in [0.29, 0.717) is 17.7 Å². The normalized spacial score (nSPS) is 21.3. The van der Waals surface area contributed by atoms with E-state index in [1.165, 1.54) is 12.3 Å². The number of pyridine rings is 1. The lowest BCUT2D eigenvalue weighted by molar-refractivity contribution is -0.154. The molecule has 0 aliphatic heterocycles. The van der Waals surface area contributed by atoms with Gasteiger partial charge in [0.2, 0.25) is 5.88 Å². The molecule has 27 heavy (non-hydrogen) atoms. The van der Waals surface area contributed by atoms with Gasteiger partial charge in [0, 0.05) is 46.7 Å². The van der Waals surface area contributed by atoms with Gasteiger partial charge in [-0.05, 0) is 30.9 Å². The Hall–Kier alpha value is -1.84. The Morgan fingerprint density at radius 2 is 2.19 bits per heavy atom. The van der Waals surface area contributed by atoms with Crippen molar-refractivity contribution in [3.8, 4) is 5.88 Å². The molecule has 1 fully saturated rings. The molecule has 1 heterocycles. The van der Waals surface area contributed by atoms with Crippen LogP contribution in [0.1, 0.15) is 38.2 Å². The monoisotopic (exact) mass is 407 g/mol. The first-order chi connectivity index (χ1) is 12.8. The van der Waals surface area contributed by atoms with Gasteiger partial charge >= 0.3 is 12.2 Å². The summed E-state index contributed by atoms with van der Waals surface area (Å²) in [4.78, 5) is 15.8. The van der Waals surface area contributed by atoms with Crippen molar-refractivity contribution < 1.29 is 26.9 Å². The third-order valence-electron chi connectivity index (χ3n) is 4.25. The minimum atomic E-state index is -4.44. The molecule has 0 saturated heterocycles. The van der Waals surface area contributed by atoms with Gasteiger partial charge in [-0.1, -0.05) is 13.3 Å². The van der Waals surface area contributed by atoms with E-state index in [4.69, 9.17) is 0 Å². The fourth-order valence-electron chi connectivity index (χ4n) is 2.96. The van der Waals surface area contributed by atoms with Crippen LogP contribution in [0.3, 0.4) is 0 Å². The summed E-state index contributed by atoms with van der Waals surface area (Å²) in [5.74, 6) is 0.467. The van der Waals surface area contributed by atoms with Crippen LogP contribution in [-0.2, 0) is 17.3 Å². The zero-order chi connectivity index (χ0) is 19.9. The highest BCUT2D eigenvalue weighted by Gasteiger charge is 2.29. The first kappa shape index (κ1) is 21.5. The van der Waals surface area contributed by atoms with Crippen LogP contribution < -0.4 is 15.4 Å². The van der Waals surface area contributed by atoms with Crippen LogP contribution in [0.5, 0.6) is 5.88 Å². The van der Waals surface area contributed by atoms with Gasteiger partial charge in [0.15, 0.2) is 6.61 Å². The van der Waals surface area contributed by atoms with Crippen LogP contribution in [-0.4, -0.2) is 45.1 Å². The zero-order valence-corrected chi connectivity index (χ0v) is 15.9. The fraction of sp³-hybridized carbons (Fsp3) is 0.647. The van der Waals surface area contributed by atoms with Gasteiger partial charge in [-0.25, -0.2) is 9.78 Å². The molecule has 6 nitrogen and oxygen atoms in total. The molecule has 3 unspecified atom stereocenters. The van der Waals surface area contributed by atoms with Crippen LogP contribution in [0.15, 0.2) is 18.3 Å². The quantitative estimate of drug-likeness (QED) is 0.728. The van der Waals surface area contributed by atoms with Crippen molar-refractivity contribution in [2.45, 2.75) is 56.6 Å². The van der Waals surface area contributed by atoms with Crippen LogP contribution in [0, 0.1) is 0 Å². The number of amides is 2. The maximum absolute atomic E-state index is 12.2. The lowest BCUT2D eigenvalue weighted by Crippen LogP contribution is -2.45. The molecule has 1 aromatic heterocycles. The summed E-state index contributed by atoms with van der Waals surface area (Å²) < 4.78 is 53.1. The number of hydrogen-bond donors (Lipinski definition) is 2. The van der Waals surface area contributed by atoms with E-state index in [1.807, 2.05) is 6.92 Å². The number of aromatic nitrogens is 1. The summed E-state index contributed by atoms with van der Waals surface area (Å²) in [6.07, 6.45) is 0.263. The Morgan fingerprint density at radius 1 is 1.41 bits per heavy atom. The smallest absolute Gasteiger partial charge is 0.422 e. The summed E-state index contributed by atoms with van der Waals surface area (Å²) in [6.45, 7) is 0.606. The van der Waals surface area contributed by atoms with E-state index in [1.54, 1.807) is 6.07 Å². The van der Waals surface area contributed by atoms with Gasteiger partial charge in [0.25, 0.3) is 0 Å². The number of rotatable bonds is 7. The second-order valence-corrected chi connectivity index (χ2v) is 8.39. The second-order valence-electron chi connectivity index (χ2n) is 6.39. The fourth-order valence-corrected chi connectivity index (χ4v) is 4.31. The Morgan fingerprint density at radius 3 is 2.89 bits per heavy atom. The van der Waals surface area contributed by atoms with Crippen molar-refractivity contribution in [3.05, 3.63) is 23.9 Å². The number of carbonyl (C=O) groups is 1. The van der Waals surface area contributed by atoms with Gasteiger partial charge in [-0.3, -0.25) is 4.21 Å². The van der Waals surface area contributed by atoms with Gasteiger partial charge in [-0.2, -0.15) is 13.2 Å². The Labute approximate surface area is 158 Å². The highest BCUT2D eigenvalue weighted by Crippen LogP contribution is 2.23. The third kappa shape index (κ3) is 7.74. The molecule has 2 amide bonds.